The molecule has 0 atom stereocenters. The fourth-order valence-corrected chi connectivity index (χ4v) is 2.93. The smallest absolute Gasteiger partial charge is 0.328 e. The van der Waals surface area contributed by atoms with E-state index in [9.17, 15) is 13.2 Å². The van der Waals surface area contributed by atoms with E-state index in [0.717, 1.165) is 18.9 Å². The number of carboxylic acid groups (broad SMARTS) is 1. The molecule has 116 valence electrons. The Balaban J connectivity index is 2.78. The number of hydrogen-bond donors (Lipinski definition) is 2. The molecule has 0 amide bonds. The summed E-state index contributed by atoms with van der Waals surface area (Å²) in [5, 5.41) is 8.53. The first kappa shape index (κ1) is 17.4. The summed E-state index contributed by atoms with van der Waals surface area (Å²) in [5.41, 5.74) is 0.636. The van der Waals surface area contributed by atoms with Crippen molar-refractivity contribution in [2.24, 2.45) is 5.92 Å². The Hall–Kier alpha value is -1.66. The van der Waals surface area contributed by atoms with Crippen molar-refractivity contribution in [2.75, 3.05) is 6.54 Å². The predicted octanol–water partition coefficient (Wildman–Crippen LogP) is 2.50. The number of aliphatic carboxylic acids is 1. The summed E-state index contributed by atoms with van der Waals surface area (Å²) in [4.78, 5) is 10.6. The first-order valence-electron chi connectivity index (χ1n) is 6.89. The van der Waals surface area contributed by atoms with Crippen LogP contribution in [0.25, 0.3) is 6.08 Å². The Morgan fingerprint density at radius 2 is 1.81 bits per heavy atom. The molecule has 0 unspecified atom stereocenters. The molecule has 21 heavy (non-hydrogen) atoms. The minimum atomic E-state index is -3.51. The van der Waals surface area contributed by atoms with Gasteiger partial charge in [0.15, 0.2) is 0 Å². The number of hydrogen-bond acceptors (Lipinski definition) is 3. The second kappa shape index (κ2) is 7.95. The molecule has 0 aliphatic carbocycles. The lowest BCUT2D eigenvalue weighted by atomic mass is 10.0. The molecular formula is C15H21NO4S. The van der Waals surface area contributed by atoms with Gasteiger partial charge in [-0.15, -0.1) is 0 Å². The third kappa shape index (κ3) is 5.69. The van der Waals surface area contributed by atoms with E-state index >= 15 is 0 Å². The molecule has 6 heteroatoms. The number of carbonyl (C=O) groups is 1. The molecular weight excluding hydrogens is 290 g/mol. The fourth-order valence-electron chi connectivity index (χ4n) is 1.81. The summed E-state index contributed by atoms with van der Waals surface area (Å²) in [6.45, 7) is 4.49. The van der Waals surface area contributed by atoms with Gasteiger partial charge in [-0.05, 0) is 29.7 Å². The van der Waals surface area contributed by atoms with Crippen LogP contribution in [-0.4, -0.2) is 26.0 Å². The second-order valence-corrected chi connectivity index (χ2v) is 6.54. The van der Waals surface area contributed by atoms with Crippen LogP contribution in [0.15, 0.2) is 35.2 Å². The minimum absolute atomic E-state index is 0.181. The SMILES string of the molecule is CCC(CC)CNS(=O)(=O)c1ccc(/C=C/C(=O)O)cc1. The van der Waals surface area contributed by atoms with Crippen molar-refractivity contribution in [2.45, 2.75) is 31.6 Å². The Morgan fingerprint density at radius 1 is 1.24 bits per heavy atom. The lowest BCUT2D eigenvalue weighted by molar-refractivity contribution is -0.131. The van der Waals surface area contributed by atoms with E-state index in [1.807, 2.05) is 13.8 Å². The highest BCUT2D eigenvalue weighted by Gasteiger charge is 2.15. The summed E-state index contributed by atoms with van der Waals surface area (Å²) in [6, 6.07) is 6.09. The van der Waals surface area contributed by atoms with E-state index in [0.29, 0.717) is 18.0 Å². The zero-order valence-corrected chi connectivity index (χ0v) is 13.1. The second-order valence-electron chi connectivity index (χ2n) is 4.78. The molecule has 0 radical (unpaired) electrons. The summed E-state index contributed by atoms with van der Waals surface area (Å²) >= 11 is 0. The van der Waals surface area contributed by atoms with Crippen LogP contribution in [0.4, 0.5) is 0 Å². The first-order valence-corrected chi connectivity index (χ1v) is 8.38. The molecule has 0 saturated carbocycles. The van der Waals surface area contributed by atoms with Crippen molar-refractivity contribution in [1.29, 1.82) is 0 Å². The molecule has 5 nitrogen and oxygen atoms in total. The molecule has 0 aliphatic rings. The Labute approximate surface area is 125 Å². The lowest BCUT2D eigenvalue weighted by Gasteiger charge is -2.13. The average molecular weight is 311 g/mol. The van der Waals surface area contributed by atoms with Gasteiger partial charge >= 0.3 is 5.97 Å². The van der Waals surface area contributed by atoms with Crippen LogP contribution in [0.2, 0.25) is 0 Å². The van der Waals surface area contributed by atoms with Crippen molar-refractivity contribution in [1.82, 2.24) is 4.72 Å². The van der Waals surface area contributed by atoms with E-state index in [4.69, 9.17) is 5.11 Å². The van der Waals surface area contributed by atoms with Crippen molar-refractivity contribution in [3.63, 3.8) is 0 Å². The fraction of sp³-hybridized carbons (Fsp3) is 0.400. The molecule has 0 saturated heterocycles. The van der Waals surface area contributed by atoms with Crippen LogP contribution >= 0.6 is 0 Å². The first-order chi connectivity index (χ1) is 9.89. The van der Waals surface area contributed by atoms with Crippen molar-refractivity contribution < 1.29 is 18.3 Å². The molecule has 2 N–H and O–H groups in total. The van der Waals surface area contributed by atoms with Crippen molar-refractivity contribution in [3.05, 3.63) is 35.9 Å². The zero-order valence-electron chi connectivity index (χ0n) is 12.2. The molecule has 0 fully saturated rings. The summed E-state index contributed by atoms with van der Waals surface area (Å²) in [5.74, 6) is -0.712. The van der Waals surface area contributed by atoms with Crippen LogP contribution in [0, 0.1) is 5.92 Å². The normalized spacial score (nSPS) is 12.1. The molecule has 0 bridgehead atoms. The minimum Gasteiger partial charge on any atom is -0.478 e. The summed E-state index contributed by atoms with van der Waals surface area (Å²) in [7, 11) is -3.51. The van der Waals surface area contributed by atoms with Gasteiger partial charge in [-0.1, -0.05) is 38.8 Å². The predicted molar refractivity (Wildman–Crippen MR) is 82.4 cm³/mol. The maximum atomic E-state index is 12.1. The van der Waals surface area contributed by atoms with Gasteiger partial charge in [0, 0.05) is 12.6 Å². The van der Waals surface area contributed by atoms with Crippen LogP contribution in [0.3, 0.4) is 0 Å². The number of nitrogens with one attached hydrogen (secondary N) is 1. The molecule has 0 aliphatic heterocycles. The van der Waals surface area contributed by atoms with E-state index in [-0.39, 0.29) is 4.90 Å². The summed E-state index contributed by atoms with van der Waals surface area (Å²) < 4.78 is 26.9. The topological polar surface area (TPSA) is 83.5 Å². The van der Waals surface area contributed by atoms with Crippen molar-refractivity contribution in [3.8, 4) is 0 Å². The summed E-state index contributed by atoms with van der Waals surface area (Å²) in [6.07, 6.45) is 4.28. The Kier molecular flexibility index (Phi) is 6.58. The van der Waals surface area contributed by atoms with E-state index < -0.39 is 16.0 Å². The molecule has 0 heterocycles. The van der Waals surface area contributed by atoms with Crippen LogP contribution in [-0.2, 0) is 14.8 Å². The molecule has 0 spiro atoms. The molecule has 1 aromatic rings. The van der Waals surface area contributed by atoms with Crippen LogP contribution < -0.4 is 4.72 Å². The highest BCUT2D eigenvalue weighted by molar-refractivity contribution is 7.89. The number of rotatable bonds is 8. The maximum absolute atomic E-state index is 12.1. The third-order valence-electron chi connectivity index (χ3n) is 3.33. The number of sulfonamides is 1. The van der Waals surface area contributed by atoms with Gasteiger partial charge in [0.2, 0.25) is 10.0 Å². The Bertz CT molecular complexity index is 587. The average Bonchev–Trinajstić information content (AvgIpc) is 2.46. The van der Waals surface area contributed by atoms with E-state index in [1.165, 1.54) is 18.2 Å². The third-order valence-corrected chi connectivity index (χ3v) is 4.76. The van der Waals surface area contributed by atoms with Gasteiger partial charge in [-0.25, -0.2) is 17.9 Å². The van der Waals surface area contributed by atoms with Gasteiger partial charge in [-0.3, -0.25) is 0 Å². The van der Waals surface area contributed by atoms with Gasteiger partial charge in [0.05, 0.1) is 4.90 Å². The van der Waals surface area contributed by atoms with Gasteiger partial charge in [0.25, 0.3) is 0 Å². The van der Waals surface area contributed by atoms with Gasteiger partial charge in [-0.2, -0.15) is 0 Å². The monoisotopic (exact) mass is 311 g/mol. The highest BCUT2D eigenvalue weighted by Crippen LogP contribution is 2.13. The largest absolute Gasteiger partial charge is 0.478 e. The van der Waals surface area contributed by atoms with E-state index in [2.05, 4.69) is 4.72 Å². The van der Waals surface area contributed by atoms with Crippen molar-refractivity contribution >= 4 is 22.1 Å². The standard InChI is InChI=1S/C15H21NO4S/c1-3-12(4-2)11-16-21(19,20)14-8-5-13(6-9-14)7-10-15(17)18/h5-10,12,16H,3-4,11H2,1-2H3,(H,17,18)/b10-7+. The highest BCUT2D eigenvalue weighted by atomic mass is 32.2. The number of carboxylic acids is 1. The molecule has 1 aromatic carbocycles. The molecule has 1 rings (SSSR count). The van der Waals surface area contributed by atoms with Gasteiger partial charge < -0.3 is 5.11 Å². The maximum Gasteiger partial charge on any atom is 0.328 e. The Morgan fingerprint density at radius 3 is 2.29 bits per heavy atom. The van der Waals surface area contributed by atoms with Crippen LogP contribution in [0.1, 0.15) is 32.3 Å². The molecule has 0 aromatic heterocycles. The van der Waals surface area contributed by atoms with Crippen LogP contribution in [0.5, 0.6) is 0 Å². The quantitative estimate of drug-likeness (QED) is 0.723. The lowest BCUT2D eigenvalue weighted by Crippen LogP contribution is -2.29. The van der Waals surface area contributed by atoms with Gasteiger partial charge in [0.1, 0.15) is 0 Å². The zero-order chi connectivity index (χ0) is 15.9. The van der Waals surface area contributed by atoms with E-state index in [1.54, 1.807) is 12.1 Å². The number of benzene rings is 1.